The van der Waals surface area contributed by atoms with E-state index in [9.17, 15) is 4.79 Å². The number of carbonyl (C=O) groups is 1. The molecule has 0 saturated carbocycles. The minimum absolute atomic E-state index is 0.125. The van der Waals surface area contributed by atoms with Crippen LogP contribution in [0.2, 0.25) is 0 Å². The number of imidazole rings is 1. The molecule has 4 rings (SSSR count). The number of carbonyl (C=O) groups excluding carboxylic acids is 1. The Hall–Kier alpha value is -2.99. The molecule has 0 saturated heterocycles. The van der Waals surface area contributed by atoms with Crippen molar-refractivity contribution in [1.29, 1.82) is 0 Å². The van der Waals surface area contributed by atoms with Crippen LogP contribution in [0.5, 0.6) is 0 Å². The number of fused-ring (bicyclic) bond motifs is 1. The zero-order chi connectivity index (χ0) is 18.1. The van der Waals surface area contributed by atoms with Crippen molar-refractivity contribution in [2.75, 3.05) is 0 Å². The molecular formula is C20H18N4OS. The summed E-state index contributed by atoms with van der Waals surface area (Å²) in [6.45, 7) is 3.90. The van der Waals surface area contributed by atoms with E-state index in [-0.39, 0.29) is 11.9 Å². The molecule has 0 fully saturated rings. The zero-order valence-corrected chi connectivity index (χ0v) is 15.3. The Labute approximate surface area is 155 Å². The van der Waals surface area contributed by atoms with Crippen molar-refractivity contribution >= 4 is 22.9 Å². The number of amides is 1. The molecule has 1 N–H and O–H groups in total. The molecule has 0 spiro atoms. The van der Waals surface area contributed by atoms with Gasteiger partial charge in [-0.2, -0.15) is 0 Å². The molecule has 3 heterocycles. The average molecular weight is 362 g/mol. The van der Waals surface area contributed by atoms with Crippen LogP contribution in [-0.4, -0.2) is 20.3 Å². The molecule has 5 nitrogen and oxygen atoms in total. The zero-order valence-electron chi connectivity index (χ0n) is 14.5. The number of pyridine rings is 1. The van der Waals surface area contributed by atoms with E-state index in [1.165, 1.54) is 0 Å². The molecule has 1 atom stereocenters. The number of hydrogen-bond acceptors (Lipinski definition) is 4. The van der Waals surface area contributed by atoms with Crippen molar-refractivity contribution in [1.82, 2.24) is 19.7 Å². The number of aryl methyl sites for hydroxylation is 1. The summed E-state index contributed by atoms with van der Waals surface area (Å²) in [5.41, 5.74) is 4.22. The second-order valence-electron chi connectivity index (χ2n) is 6.16. The molecule has 1 aromatic carbocycles. The summed E-state index contributed by atoms with van der Waals surface area (Å²) in [4.78, 5) is 21.6. The van der Waals surface area contributed by atoms with Gasteiger partial charge < -0.3 is 9.72 Å². The molecule has 0 radical (unpaired) electrons. The quantitative estimate of drug-likeness (QED) is 0.590. The van der Waals surface area contributed by atoms with E-state index in [1.807, 2.05) is 72.4 Å². The Morgan fingerprint density at radius 3 is 2.65 bits per heavy atom. The van der Waals surface area contributed by atoms with Gasteiger partial charge in [-0.3, -0.25) is 4.79 Å². The molecule has 6 heteroatoms. The van der Waals surface area contributed by atoms with Gasteiger partial charge in [0.25, 0.3) is 5.91 Å². The summed E-state index contributed by atoms with van der Waals surface area (Å²) in [5.74, 6) is -0.125. The maximum atomic E-state index is 12.6. The lowest BCUT2D eigenvalue weighted by Crippen LogP contribution is -2.27. The Morgan fingerprint density at radius 2 is 1.92 bits per heavy atom. The van der Waals surface area contributed by atoms with Crippen molar-refractivity contribution in [3.8, 4) is 11.3 Å². The first kappa shape index (κ1) is 16.5. The summed E-state index contributed by atoms with van der Waals surface area (Å²) in [6.07, 6.45) is 3.75. The fourth-order valence-electron chi connectivity index (χ4n) is 2.81. The number of nitrogens with one attached hydrogen (secondary N) is 1. The number of aromatic nitrogens is 3. The van der Waals surface area contributed by atoms with Gasteiger partial charge in [-0.25, -0.2) is 9.97 Å². The molecule has 0 aliphatic heterocycles. The Bertz CT molecular complexity index is 1070. The van der Waals surface area contributed by atoms with Gasteiger partial charge in [0.15, 0.2) is 0 Å². The predicted molar refractivity (Wildman–Crippen MR) is 103 cm³/mol. The monoisotopic (exact) mass is 362 g/mol. The van der Waals surface area contributed by atoms with Crippen molar-refractivity contribution in [3.63, 3.8) is 0 Å². The fraction of sp³-hybridized carbons (Fsp3) is 0.150. The lowest BCUT2D eigenvalue weighted by atomic mass is 10.2. The van der Waals surface area contributed by atoms with Crippen LogP contribution in [0.1, 0.15) is 34.0 Å². The Balaban J connectivity index is 1.57. The molecule has 1 amide bonds. The summed E-state index contributed by atoms with van der Waals surface area (Å²) >= 11 is 1.58. The van der Waals surface area contributed by atoms with Crippen molar-refractivity contribution in [2.24, 2.45) is 0 Å². The van der Waals surface area contributed by atoms with Crippen LogP contribution in [0, 0.1) is 6.92 Å². The molecule has 4 aromatic rings. The molecule has 26 heavy (non-hydrogen) atoms. The highest BCUT2D eigenvalue weighted by molar-refractivity contribution is 7.09. The van der Waals surface area contributed by atoms with Gasteiger partial charge in [-0.1, -0.05) is 30.3 Å². The predicted octanol–water partition coefficient (Wildman–Crippen LogP) is 4.26. The average Bonchev–Trinajstić information content (AvgIpc) is 3.28. The number of rotatable bonds is 4. The second kappa shape index (κ2) is 6.72. The number of benzene rings is 1. The van der Waals surface area contributed by atoms with Gasteiger partial charge in [0.2, 0.25) is 0 Å². The summed E-state index contributed by atoms with van der Waals surface area (Å²) in [7, 11) is 0. The number of hydrogen-bond donors (Lipinski definition) is 1. The van der Waals surface area contributed by atoms with Gasteiger partial charge in [0, 0.05) is 23.3 Å². The normalized spacial score (nSPS) is 12.2. The minimum Gasteiger partial charge on any atom is -0.344 e. The molecule has 0 unspecified atom stereocenters. The van der Waals surface area contributed by atoms with E-state index < -0.39 is 0 Å². The van der Waals surface area contributed by atoms with Gasteiger partial charge in [0.1, 0.15) is 5.65 Å². The molecule has 0 aliphatic rings. The van der Waals surface area contributed by atoms with Crippen molar-refractivity contribution < 1.29 is 4.79 Å². The van der Waals surface area contributed by atoms with Crippen LogP contribution in [-0.2, 0) is 0 Å². The third-order valence-corrected chi connectivity index (χ3v) is 5.00. The van der Waals surface area contributed by atoms with E-state index in [0.29, 0.717) is 5.56 Å². The lowest BCUT2D eigenvalue weighted by molar-refractivity contribution is 0.0938. The van der Waals surface area contributed by atoms with E-state index in [0.717, 1.165) is 27.6 Å². The number of nitrogens with zero attached hydrogens (tertiary/aromatic N) is 3. The van der Waals surface area contributed by atoms with E-state index in [1.54, 1.807) is 17.4 Å². The van der Waals surface area contributed by atoms with Crippen LogP contribution < -0.4 is 5.32 Å². The third kappa shape index (κ3) is 3.23. The van der Waals surface area contributed by atoms with Crippen LogP contribution in [0.4, 0.5) is 0 Å². The van der Waals surface area contributed by atoms with Gasteiger partial charge in [-0.05, 0) is 26.0 Å². The van der Waals surface area contributed by atoms with Crippen LogP contribution in [0.15, 0.2) is 60.2 Å². The first-order valence-electron chi connectivity index (χ1n) is 8.37. The topological polar surface area (TPSA) is 59.3 Å². The lowest BCUT2D eigenvalue weighted by Gasteiger charge is -2.11. The van der Waals surface area contributed by atoms with E-state index in [2.05, 4.69) is 15.3 Å². The first-order chi connectivity index (χ1) is 12.6. The SMILES string of the molecule is Cc1nc([C@@H](C)NC(=O)c2ccc3nc(-c4ccccc4)cn3c2)cs1. The first-order valence-corrected chi connectivity index (χ1v) is 9.25. The maximum Gasteiger partial charge on any atom is 0.253 e. The van der Waals surface area contributed by atoms with Gasteiger partial charge >= 0.3 is 0 Å². The highest BCUT2D eigenvalue weighted by Gasteiger charge is 2.14. The smallest absolute Gasteiger partial charge is 0.253 e. The minimum atomic E-state index is -0.134. The Kier molecular flexibility index (Phi) is 4.26. The standard InChI is InChI=1S/C20H18N4OS/c1-13(18-12-26-14(2)22-18)21-20(25)16-8-9-19-23-17(11-24(19)10-16)15-6-4-3-5-7-15/h3-13H,1-2H3,(H,21,25)/t13-/m1/s1. The molecule has 0 aliphatic carbocycles. The van der Waals surface area contributed by atoms with Crippen LogP contribution in [0.25, 0.3) is 16.9 Å². The fourth-order valence-corrected chi connectivity index (χ4v) is 3.51. The largest absolute Gasteiger partial charge is 0.344 e. The highest BCUT2D eigenvalue weighted by atomic mass is 32.1. The Morgan fingerprint density at radius 1 is 1.12 bits per heavy atom. The summed E-state index contributed by atoms with van der Waals surface area (Å²) in [5, 5.41) is 5.97. The summed E-state index contributed by atoms with van der Waals surface area (Å²) in [6, 6.07) is 13.5. The van der Waals surface area contributed by atoms with E-state index in [4.69, 9.17) is 0 Å². The van der Waals surface area contributed by atoms with E-state index >= 15 is 0 Å². The third-order valence-electron chi connectivity index (χ3n) is 4.21. The maximum absolute atomic E-state index is 12.6. The molecule has 130 valence electrons. The van der Waals surface area contributed by atoms with Crippen molar-refractivity contribution in [3.05, 3.63) is 76.5 Å². The van der Waals surface area contributed by atoms with Gasteiger partial charge in [0.05, 0.1) is 28.0 Å². The molecule has 3 aromatic heterocycles. The molecule has 0 bridgehead atoms. The summed E-state index contributed by atoms with van der Waals surface area (Å²) < 4.78 is 1.88. The molecular weight excluding hydrogens is 344 g/mol. The second-order valence-corrected chi connectivity index (χ2v) is 7.22. The van der Waals surface area contributed by atoms with Crippen LogP contribution in [0.3, 0.4) is 0 Å². The van der Waals surface area contributed by atoms with Gasteiger partial charge in [-0.15, -0.1) is 11.3 Å². The highest BCUT2D eigenvalue weighted by Crippen LogP contribution is 2.20. The van der Waals surface area contributed by atoms with Crippen molar-refractivity contribution in [2.45, 2.75) is 19.9 Å². The number of thiazole rings is 1. The van der Waals surface area contributed by atoms with Crippen LogP contribution >= 0.6 is 11.3 Å².